The number of nitrogens with zero attached hydrogens (tertiary/aromatic N) is 1. The summed E-state index contributed by atoms with van der Waals surface area (Å²) in [6, 6.07) is 16.6. The number of hydrogen-bond donors (Lipinski definition) is 1. The van der Waals surface area contributed by atoms with Crippen molar-refractivity contribution in [2.24, 2.45) is 0 Å². The molecular formula is C14H15BrN2. The minimum atomic E-state index is 1.10. The maximum Gasteiger partial charge on any atom is 0.0552 e. The van der Waals surface area contributed by atoms with E-state index in [0.29, 0.717) is 0 Å². The zero-order chi connectivity index (χ0) is 12.3. The molecule has 0 radical (unpaired) electrons. The molecule has 0 heterocycles. The molecule has 0 aliphatic carbocycles. The second-order valence-corrected chi connectivity index (χ2v) is 4.66. The molecule has 2 aromatic rings. The first kappa shape index (κ1) is 12.0. The largest absolute Gasteiger partial charge is 0.388 e. The third-order valence-corrected chi connectivity index (χ3v) is 3.43. The van der Waals surface area contributed by atoms with Gasteiger partial charge >= 0.3 is 0 Å². The summed E-state index contributed by atoms with van der Waals surface area (Å²) in [5.41, 5.74) is 3.44. The van der Waals surface area contributed by atoms with E-state index in [1.54, 1.807) is 0 Å². The SMILES string of the molecule is CNc1ccc(N(C)c2ccccc2Br)cc1. The average Bonchev–Trinajstić information content (AvgIpc) is 2.39. The zero-order valence-corrected chi connectivity index (χ0v) is 11.5. The lowest BCUT2D eigenvalue weighted by Gasteiger charge is -2.21. The van der Waals surface area contributed by atoms with Crippen LogP contribution in [-0.2, 0) is 0 Å². The Morgan fingerprint density at radius 1 is 1.00 bits per heavy atom. The van der Waals surface area contributed by atoms with Crippen molar-refractivity contribution in [1.82, 2.24) is 0 Å². The van der Waals surface area contributed by atoms with Crippen molar-refractivity contribution >= 4 is 33.0 Å². The third-order valence-electron chi connectivity index (χ3n) is 2.76. The minimum absolute atomic E-state index is 1.10. The summed E-state index contributed by atoms with van der Waals surface area (Å²) in [4.78, 5) is 2.16. The van der Waals surface area contributed by atoms with Crippen LogP contribution in [0.25, 0.3) is 0 Å². The molecule has 0 bridgehead atoms. The molecule has 0 unspecified atom stereocenters. The first-order valence-electron chi connectivity index (χ1n) is 5.48. The molecule has 0 aliphatic rings. The second kappa shape index (κ2) is 5.23. The molecule has 0 aliphatic heterocycles. The van der Waals surface area contributed by atoms with E-state index in [-0.39, 0.29) is 0 Å². The van der Waals surface area contributed by atoms with E-state index in [0.717, 1.165) is 21.5 Å². The van der Waals surface area contributed by atoms with Crippen molar-refractivity contribution in [2.45, 2.75) is 0 Å². The summed E-state index contributed by atoms with van der Waals surface area (Å²) in [6.07, 6.45) is 0. The monoisotopic (exact) mass is 290 g/mol. The van der Waals surface area contributed by atoms with Crippen LogP contribution in [0.2, 0.25) is 0 Å². The number of hydrogen-bond acceptors (Lipinski definition) is 2. The zero-order valence-electron chi connectivity index (χ0n) is 9.94. The van der Waals surface area contributed by atoms with Gasteiger partial charge in [-0.2, -0.15) is 0 Å². The number of rotatable bonds is 3. The fourth-order valence-corrected chi connectivity index (χ4v) is 2.27. The Bertz CT molecular complexity index is 494. The van der Waals surface area contributed by atoms with E-state index < -0.39 is 0 Å². The van der Waals surface area contributed by atoms with Gasteiger partial charge in [-0.05, 0) is 52.3 Å². The third kappa shape index (κ3) is 2.61. The van der Waals surface area contributed by atoms with Crippen LogP contribution >= 0.6 is 15.9 Å². The van der Waals surface area contributed by atoms with Gasteiger partial charge in [0.05, 0.1) is 5.69 Å². The van der Waals surface area contributed by atoms with Crippen LogP contribution in [0.15, 0.2) is 53.0 Å². The van der Waals surface area contributed by atoms with Gasteiger partial charge in [-0.1, -0.05) is 12.1 Å². The second-order valence-electron chi connectivity index (χ2n) is 3.81. The topological polar surface area (TPSA) is 15.3 Å². The molecule has 0 saturated heterocycles. The molecule has 17 heavy (non-hydrogen) atoms. The van der Waals surface area contributed by atoms with Gasteiger partial charge in [0.15, 0.2) is 0 Å². The molecule has 3 heteroatoms. The average molecular weight is 291 g/mol. The molecular weight excluding hydrogens is 276 g/mol. The van der Waals surface area contributed by atoms with Gasteiger partial charge in [0.25, 0.3) is 0 Å². The Balaban J connectivity index is 2.30. The minimum Gasteiger partial charge on any atom is -0.388 e. The predicted molar refractivity (Wildman–Crippen MR) is 78.2 cm³/mol. The Morgan fingerprint density at radius 3 is 2.24 bits per heavy atom. The molecule has 2 aromatic carbocycles. The summed E-state index contributed by atoms with van der Waals surface area (Å²) in [6.45, 7) is 0. The lowest BCUT2D eigenvalue weighted by Crippen LogP contribution is -2.09. The first-order valence-corrected chi connectivity index (χ1v) is 6.28. The molecule has 0 saturated carbocycles. The van der Waals surface area contributed by atoms with E-state index in [1.807, 2.05) is 25.2 Å². The van der Waals surface area contributed by atoms with Crippen molar-refractivity contribution in [1.29, 1.82) is 0 Å². The summed E-state index contributed by atoms with van der Waals surface area (Å²) >= 11 is 3.57. The standard InChI is InChI=1S/C14H15BrN2/c1-16-11-7-9-12(10-8-11)17(2)14-6-4-3-5-13(14)15/h3-10,16H,1-2H3. The van der Waals surface area contributed by atoms with Crippen molar-refractivity contribution in [3.63, 3.8) is 0 Å². The Morgan fingerprint density at radius 2 is 1.65 bits per heavy atom. The highest BCUT2D eigenvalue weighted by molar-refractivity contribution is 9.10. The van der Waals surface area contributed by atoms with Crippen LogP contribution in [-0.4, -0.2) is 14.1 Å². The van der Waals surface area contributed by atoms with Crippen molar-refractivity contribution in [3.05, 3.63) is 53.0 Å². The first-order chi connectivity index (χ1) is 8.22. The highest BCUT2D eigenvalue weighted by Crippen LogP contribution is 2.30. The molecule has 2 nitrogen and oxygen atoms in total. The van der Waals surface area contributed by atoms with Gasteiger partial charge in [0.2, 0.25) is 0 Å². The number of halogens is 1. The molecule has 0 spiro atoms. The van der Waals surface area contributed by atoms with Gasteiger partial charge < -0.3 is 10.2 Å². The molecule has 2 rings (SSSR count). The molecule has 0 fully saturated rings. The smallest absolute Gasteiger partial charge is 0.0552 e. The van der Waals surface area contributed by atoms with Gasteiger partial charge in [-0.3, -0.25) is 0 Å². The number of benzene rings is 2. The van der Waals surface area contributed by atoms with E-state index in [1.165, 1.54) is 0 Å². The van der Waals surface area contributed by atoms with Crippen LogP contribution < -0.4 is 10.2 Å². The van der Waals surface area contributed by atoms with Crippen LogP contribution in [0.3, 0.4) is 0 Å². The molecule has 0 amide bonds. The Labute approximate surface area is 110 Å². The number of anilines is 3. The highest BCUT2D eigenvalue weighted by Gasteiger charge is 2.06. The van der Waals surface area contributed by atoms with E-state index in [2.05, 4.69) is 63.5 Å². The summed E-state index contributed by atoms with van der Waals surface area (Å²) < 4.78 is 1.10. The Kier molecular flexibility index (Phi) is 3.69. The molecule has 1 N–H and O–H groups in total. The molecule has 0 atom stereocenters. The maximum atomic E-state index is 3.57. The van der Waals surface area contributed by atoms with Crippen LogP contribution in [0, 0.1) is 0 Å². The lowest BCUT2D eigenvalue weighted by atomic mass is 10.2. The highest BCUT2D eigenvalue weighted by atomic mass is 79.9. The number of nitrogens with one attached hydrogen (secondary N) is 1. The number of para-hydroxylation sites is 1. The predicted octanol–water partition coefficient (Wildman–Crippen LogP) is 4.26. The molecule has 88 valence electrons. The van der Waals surface area contributed by atoms with E-state index >= 15 is 0 Å². The van der Waals surface area contributed by atoms with Crippen molar-refractivity contribution in [3.8, 4) is 0 Å². The maximum absolute atomic E-state index is 3.57. The fourth-order valence-electron chi connectivity index (χ4n) is 1.71. The van der Waals surface area contributed by atoms with Crippen LogP contribution in [0.4, 0.5) is 17.1 Å². The van der Waals surface area contributed by atoms with Crippen molar-refractivity contribution < 1.29 is 0 Å². The van der Waals surface area contributed by atoms with Gasteiger partial charge in [0, 0.05) is 29.9 Å². The fraction of sp³-hybridized carbons (Fsp3) is 0.143. The summed E-state index contributed by atoms with van der Waals surface area (Å²) in [5.74, 6) is 0. The van der Waals surface area contributed by atoms with Gasteiger partial charge in [-0.25, -0.2) is 0 Å². The van der Waals surface area contributed by atoms with Crippen LogP contribution in [0.1, 0.15) is 0 Å². The molecule has 0 aromatic heterocycles. The van der Waals surface area contributed by atoms with Crippen LogP contribution in [0.5, 0.6) is 0 Å². The van der Waals surface area contributed by atoms with E-state index in [9.17, 15) is 0 Å². The summed E-state index contributed by atoms with van der Waals surface area (Å²) in [7, 11) is 3.99. The van der Waals surface area contributed by atoms with Gasteiger partial charge in [-0.15, -0.1) is 0 Å². The summed E-state index contributed by atoms with van der Waals surface area (Å²) in [5, 5.41) is 3.12. The Hall–Kier alpha value is -1.48. The van der Waals surface area contributed by atoms with E-state index in [4.69, 9.17) is 0 Å². The lowest BCUT2D eigenvalue weighted by molar-refractivity contribution is 1.20. The normalized spacial score (nSPS) is 10.1. The quantitative estimate of drug-likeness (QED) is 0.909. The van der Waals surface area contributed by atoms with Gasteiger partial charge in [0.1, 0.15) is 0 Å². The van der Waals surface area contributed by atoms with Crippen molar-refractivity contribution in [2.75, 3.05) is 24.3 Å².